The summed E-state index contributed by atoms with van der Waals surface area (Å²) in [5.74, 6) is 0. The van der Waals surface area contributed by atoms with E-state index >= 15 is 0 Å². The van der Waals surface area contributed by atoms with Crippen molar-refractivity contribution >= 4 is 67.0 Å². The Morgan fingerprint density at radius 3 is 1.14 bits per heavy atom. The number of hydrogen-bond acceptors (Lipinski definition) is 8. The monoisotopic (exact) mass is 576 g/mol. The van der Waals surface area contributed by atoms with Crippen LogP contribution < -0.4 is 21.3 Å². The fourth-order valence-corrected chi connectivity index (χ4v) is 5.69. The Morgan fingerprint density at radius 2 is 0.750 bits per heavy atom. The molecule has 1 heterocycles. The topological polar surface area (TPSA) is 108 Å². The quantitative estimate of drug-likeness (QED) is 0.152. The molecule has 0 spiro atoms. The van der Waals surface area contributed by atoms with Crippen molar-refractivity contribution < 1.29 is 0 Å². The van der Waals surface area contributed by atoms with Crippen molar-refractivity contribution in [2.24, 2.45) is 20.5 Å². The summed E-state index contributed by atoms with van der Waals surface area (Å²) in [7, 11) is 0. The van der Waals surface area contributed by atoms with Gasteiger partial charge in [0.15, 0.2) is 0 Å². The highest BCUT2D eigenvalue weighted by molar-refractivity contribution is 6.00. The molecule has 0 amide bonds. The van der Waals surface area contributed by atoms with Crippen LogP contribution in [0.2, 0.25) is 0 Å². The van der Waals surface area contributed by atoms with E-state index in [4.69, 9.17) is 11.5 Å². The van der Waals surface area contributed by atoms with Crippen molar-refractivity contribution in [3.8, 4) is 0 Å². The first-order valence-electron chi connectivity index (χ1n) is 14.7. The minimum absolute atomic E-state index is 0.742. The number of nitrogen functional groups attached to an aromatic ring is 2. The number of benzene rings is 6. The van der Waals surface area contributed by atoms with Gasteiger partial charge < -0.3 is 21.3 Å². The standard InChI is InChI=1S/C36H32N8/c37-33-17-19-35(31-7-3-1-5-29(31)33)41-39-25-9-13-27(14-10-25)43-21-23-44(24-22-43)28-15-11-26(12-16-28)40-42-36-20-18-34(38)30-6-2-4-8-32(30)36/h1-20H,21-24,37-38H2. The maximum Gasteiger partial charge on any atom is 0.0936 e. The molecule has 8 heteroatoms. The molecule has 1 aliphatic heterocycles. The van der Waals surface area contributed by atoms with Crippen LogP contribution >= 0.6 is 0 Å². The molecule has 1 saturated heterocycles. The minimum Gasteiger partial charge on any atom is -0.398 e. The summed E-state index contributed by atoms with van der Waals surface area (Å²) in [4.78, 5) is 4.81. The smallest absolute Gasteiger partial charge is 0.0936 e. The highest BCUT2D eigenvalue weighted by Gasteiger charge is 2.17. The fraction of sp³-hybridized carbons (Fsp3) is 0.111. The highest BCUT2D eigenvalue weighted by atomic mass is 15.3. The molecule has 8 nitrogen and oxygen atoms in total. The van der Waals surface area contributed by atoms with Crippen LogP contribution in [0.15, 0.2) is 142 Å². The average Bonchev–Trinajstić information content (AvgIpc) is 3.09. The molecule has 0 atom stereocenters. The molecule has 0 unspecified atom stereocenters. The summed E-state index contributed by atoms with van der Waals surface area (Å²) in [6.45, 7) is 3.74. The molecule has 0 saturated carbocycles. The van der Waals surface area contributed by atoms with E-state index in [-0.39, 0.29) is 0 Å². The first-order chi connectivity index (χ1) is 21.6. The number of fused-ring (bicyclic) bond motifs is 2. The van der Waals surface area contributed by atoms with E-state index in [9.17, 15) is 0 Å². The highest BCUT2D eigenvalue weighted by Crippen LogP contribution is 2.33. The first kappa shape index (κ1) is 27.1. The number of nitrogens with two attached hydrogens (primary N) is 2. The molecule has 7 rings (SSSR count). The van der Waals surface area contributed by atoms with E-state index in [1.165, 1.54) is 11.4 Å². The second-order valence-electron chi connectivity index (χ2n) is 10.8. The fourth-order valence-electron chi connectivity index (χ4n) is 5.69. The van der Waals surface area contributed by atoms with Gasteiger partial charge in [-0.2, -0.15) is 10.2 Å². The maximum absolute atomic E-state index is 6.12. The van der Waals surface area contributed by atoms with Gasteiger partial charge in [-0.15, -0.1) is 10.2 Å². The van der Waals surface area contributed by atoms with Gasteiger partial charge in [0, 0.05) is 70.5 Å². The van der Waals surface area contributed by atoms with Crippen molar-refractivity contribution in [1.82, 2.24) is 0 Å². The summed E-state index contributed by atoms with van der Waals surface area (Å²) >= 11 is 0. The van der Waals surface area contributed by atoms with Gasteiger partial charge in [-0.1, -0.05) is 48.5 Å². The van der Waals surface area contributed by atoms with Crippen LogP contribution in [0.1, 0.15) is 0 Å². The van der Waals surface area contributed by atoms with E-state index in [1.54, 1.807) is 0 Å². The second-order valence-corrected chi connectivity index (χ2v) is 10.8. The van der Waals surface area contributed by atoms with Crippen LogP contribution in [0.5, 0.6) is 0 Å². The van der Waals surface area contributed by atoms with Crippen molar-refractivity contribution in [2.75, 3.05) is 47.4 Å². The zero-order valence-electron chi connectivity index (χ0n) is 24.2. The Bertz CT molecular complexity index is 1840. The van der Waals surface area contributed by atoms with E-state index in [2.05, 4.69) is 54.5 Å². The Hall–Kier alpha value is -5.76. The predicted molar refractivity (Wildman–Crippen MR) is 182 cm³/mol. The molecule has 6 aromatic carbocycles. The number of anilines is 4. The van der Waals surface area contributed by atoms with Crippen LogP contribution in [0.3, 0.4) is 0 Å². The van der Waals surface area contributed by atoms with Crippen molar-refractivity contribution in [3.05, 3.63) is 121 Å². The van der Waals surface area contributed by atoms with E-state index < -0.39 is 0 Å². The summed E-state index contributed by atoms with van der Waals surface area (Å²) in [5.41, 5.74) is 19.4. The van der Waals surface area contributed by atoms with Crippen LogP contribution in [0.4, 0.5) is 45.5 Å². The molecule has 44 heavy (non-hydrogen) atoms. The van der Waals surface area contributed by atoms with Crippen LogP contribution in [0, 0.1) is 0 Å². The van der Waals surface area contributed by atoms with E-state index in [0.717, 1.165) is 81.8 Å². The number of hydrogen-bond donors (Lipinski definition) is 2. The van der Waals surface area contributed by atoms with E-state index in [0.29, 0.717) is 0 Å². The van der Waals surface area contributed by atoms with Gasteiger partial charge in [-0.3, -0.25) is 0 Å². The molecular formula is C36H32N8. The van der Waals surface area contributed by atoms with Gasteiger partial charge >= 0.3 is 0 Å². The lowest BCUT2D eigenvalue weighted by Gasteiger charge is -2.37. The largest absolute Gasteiger partial charge is 0.398 e. The minimum atomic E-state index is 0.742. The number of rotatable bonds is 6. The molecule has 1 aliphatic rings. The van der Waals surface area contributed by atoms with Crippen molar-refractivity contribution in [2.45, 2.75) is 0 Å². The number of piperazine rings is 1. The van der Waals surface area contributed by atoms with Crippen molar-refractivity contribution in [1.29, 1.82) is 0 Å². The third-order valence-corrected chi connectivity index (χ3v) is 8.13. The molecule has 0 aliphatic carbocycles. The summed E-state index contributed by atoms with van der Waals surface area (Å²) in [6.07, 6.45) is 0. The maximum atomic E-state index is 6.12. The zero-order chi connectivity index (χ0) is 29.9. The van der Waals surface area contributed by atoms with Gasteiger partial charge in [0.1, 0.15) is 0 Å². The molecule has 0 radical (unpaired) electrons. The van der Waals surface area contributed by atoms with Crippen LogP contribution in [-0.4, -0.2) is 26.2 Å². The van der Waals surface area contributed by atoms with Gasteiger partial charge in [0.2, 0.25) is 0 Å². The van der Waals surface area contributed by atoms with Gasteiger partial charge in [0.05, 0.1) is 22.7 Å². The number of azo groups is 2. The Morgan fingerprint density at radius 1 is 0.386 bits per heavy atom. The molecule has 6 aromatic rings. The molecule has 1 fully saturated rings. The summed E-state index contributed by atoms with van der Waals surface area (Å²) in [5, 5.41) is 22.0. The van der Waals surface area contributed by atoms with Crippen LogP contribution in [0.25, 0.3) is 21.5 Å². The normalized spacial score (nSPS) is 13.9. The third kappa shape index (κ3) is 5.53. The van der Waals surface area contributed by atoms with Gasteiger partial charge in [-0.25, -0.2) is 0 Å². The van der Waals surface area contributed by atoms with Gasteiger partial charge in [0.25, 0.3) is 0 Å². The Labute approximate surface area is 256 Å². The second kappa shape index (κ2) is 11.9. The molecule has 0 aromatic heterocycles. The molecular weight excluding hydrogens is 544 g/mol. The van der Waals surface area contributed by atoms with Crippen molar-refractivity contribution in [3.63, 3.8) is 0 Å². The lowest BCUT2D eigenvalue weighted by Crippen LogP contribution is -2.46. The summed E-state index contributed by atoms with van der Waals surface area (Å²) < 4.78 is 0. The molecule has 216 valence electrons. The first-order valence-corrected chi connectivity index (χ1v) is 14.7. The Kier molecular flexibility index (Phi) is 7.30. The zero-order valence-corrected chi connectivity index (χ0v) is 24.2. The average molecular weight is 577 g/mol. The van der Waals surface area contributed by atoms with Gasteiger partial charge in [-0.05, 0) is 72.8 Å². The van der Waals surface area contributed by atoms with E-state index in [1.807, 2.05) is 97.1 Å². The lowest BCUT2D eigenvalue weighted by molar-refractivity contribution is 0.653. The predicted octanol–water partition coefficient (Wildman–Crippen LogP) is 9.31. The summed E-state index contributed by atoms with van der Waals surface area (Å²) in [6, 6.07) is 40.1. The van der Waals surface area contributed by atoms with Crippen LogP contribution in [-0.2, 0) is 0 Å². The SMILES string of the molecule is Nc1ccc(N=Nc2ccc(N3CCN(c4ccc(N=Nc5ccc(N)c6ccccc56)cc4)CC3)cc2)c2ccccc12. The third-order valence-electron chi connectivity index (χ3n) is 8.13. The molecule has 4 N–H and O–H groups in total. The number of nitrogens with zero attached hydrogens (tertiary/aromatic N) is 6. The molecule has 0 bridgehead atoms. The lowest BCUT2D eigenvalue weighted by atomic mass is 10.1. The Balaban J connectivity index is 0.964.